The Hall–Kier alpha value is -1.41. The first kappa shape index (κ1) is 14.0. The number of carbonyl (C=O) groups excluding carboxylic acids is 1. The minimum absolute atomic E-state index is 0.00857. The lowest BCUT2D eigenvalue weighted by Gasteiger charge is -2.22. The summed E-state index contributed by atoms with van der Waals surface area (Å²) in [6.07, 6.45) is 1.42. The number of carbonyl (C=O) groups is 1. The lowest BCUT2D eigenvalue weighted by atomic mass is 9.82. The van der Waals surface area contributed by atoms with Gasteiger partial charge in [-0.05, 0) is 39.8 Å². The number of aryl methyl sites for hydroxylation is 1. The molecule has 1 aromatic carbocycles. The topological polar surface area (TPSA) is 17.1 Å². The molecule has 2 heteroatoms. The molecule has 0 fully saturated rings. The SMILES string of the molecule is CC(C)(C)c1ccccc1C(=O)CCc1ccsc1. The van der Waals surface area contributed by atoms with E-state index < -0.39 is 0 Å². The van der Waals surface area contributed by atoms with Crippen molar-refractivity contribution in [1.82, 2.24) is 0 Å². The molecule has 0 bridgehead atoms. The maximum atomic E-state index is 12.4. The summed E-state index contributed by atoms with van der Waals surface area (Å²) in [6, 6.07) is 10.1. The number of hydrogen-bond acceptors (Lipinski definition) is 2. The lowest BCUT2D eigenvalue weighted by molar-refractivity contribution is 0.0980. The van der Waals surface area contributed by atoms with Crippen LogP contribution in [0.15, 0.2) is 41.1 Å². The molecular weight excluding hydrogens is 252 g/mol. The monoisotopic (exact) mass is 272 g/mol. The molecular formula is C17H20OS. The summed E-state index contributed by atoms with van der Waals surface area (Å²) in [5, 5.41) is 4.17. The van der Waals surface area contributed by atoms with Gasteiger partial charge < -0.3 is 0 Å². The Labute approximate surface area is 119 Å². The van der Waals surface area contributed by atoms with Crippen LogP contribution in [0.3, 0.4) is 0 Å². The molecule has 0 aliphatic carbocycles. The van der Waals surface area contributed by atoms with Crippen LogP contribution in [-0.4, -0.2) is 5.78 Å². The van der Waals surface area contributed by atoms with E-state index >= 15 is 0 Å². The zero-order valence-corrected chi connectivity index (χ0v) is 12.6. The van der Waals surface area contributed by atoms with Gasteiger partial charge >= 0.3 is 0 Å². The second kappa shape index (κ2) is 5.70. The van der Waals surface area contributed by atoms with E-state index in [9.17, 15) is 4.79 Å². The van der Waals surface area contributed by atoms with Crippen LogP contribution in [0.1, 0.15) is 48.7 Å². The largest absolute Gasteiger partial charge is 0.294 e. The average molecular weight is 272 g/mol. The van der Waals surface area contributed by atoms with Crippen molar-refractivity contribution in [2.45, 2.75) is 39.0 Å². The molecule has 1 heterocycles. The summed E-state index contributed by atoms with van der Waals surface area (Å²) in [7, 11) is 0. The van der Waals surface area contributed by atoms with E-state index in [-0.39, 0.29) is 11.2 Å². The van der Waals surface area contributed by atoms with Crippen LogP contribution in [0.5, 0.6) is 0 Å². The van der Waals surface area contributed by atoms with Gasteiger partial charge in [0.15, 0.2) is 5.78 Å². The third-order valence-corrected chi connectivity index (χ3v) is 3.99. The van der Waals surface area contributed by atoms with Gasteiger partial charge in [0.2, 0.25) is 0 Å². The van der Waals surface area contributed by atoms with Gasteiger partial charge in [0, 0.05) is 12.0 Å². The Morgan fingerprint density at radius 3 is 2.53 bits per heavy atom. The summed E-state index contributed by atoms with van der Waals surface area (Å²) < 4.78 is 0. The maximum absolute atomic E-state index is 12.4. The highest BCUT2D eigenvalue weighted by Gasteiger charge is 2.20. The number of benzene rings is 1. The number of Topliss-reactive ketones (excluding diaryl/α,β-unsaturated/α-hetero) is 1. The van der Waals surface area contributed by atoms with Gasteiger partial charge in [-0.2, -0.15) is 11.3 Å². The first-order chi connectivity index (χ1) is 8.98. The molecule has 0 spiro atoms. The molecule has 19 heavy (non-hydrogen) atoms. The first-order valence-corrected chi connectivity index (χ1v) is 7.56. The molecule has 2 aromatic rings. The Kier molecular flexibility index (Phi) is 4.20. The smallest absolute Gasteiger partial charge is 0.163 e. The van der Waals surface area contributed by atoms with E-state index in [4.69, 9.17) is 0 Å². The summed E-state index contributed by atoms with van der Waals surface area (Å²) in [6.45, 7) is 6.45. The zero-order valence-electron chi connectivity index (χ0n) is 11.8. The molecule has 1 aromatic heterocycles. The van der Waals surface area contributed by atoms with Crippen LogP contribution in [0.4, 0.5) is 0 Å². The summed E-state index contributed by atoms with van der Waals surface area (Å²) in [5.41, 5.74) is 3.29. The van der Waals surface area contributed by atoms with Crippen molar-refractivity contribution >= 4 is 17.1 Å². The van der Waals surface area contributed by atoms with Crippen LogP contribution in [0.25, 0.3) is 0 Å². The summed E-state index contributed by atoms with van der Waals surface area (Å²) >= 11 is 1.68. The molecule has 0 amide bonds. The summed E-state index contributed by atoms with van der Waals surface area (Å²) in [5.74, 6) is 0.247. The lowest BCUT2D eigenvalue weighted by Crippen LogP contribution is -2.17. The normalized spacial score (nSPS) is 11.5. The van der Waals surface area contributed by atoms with Crippen molar-refractivity contribution in [1.29, 1.82) is 0 Å². The Balaban J connectivity index is 2.15. The van der Waals surface area contributed by atoms with Crippen molar-refractivity contribution in [2.75, 3.05) is 0 Å². The van der Waals surface area contributed by atoms with Crippen molar-refractivity contribution in [2.24, 2.45) is 0 Å². The van der Waals surface area contributed by atoms with E-state index in [1.807, 2.05) is 18.2 Å². The molecule has 1 nitrogen and oxygen atoms in total. The van der Waals surface area contributed by atoms with Crippen molar-refractivity contribution in [3.63, 3.8) is 0 Å². The Morgan fingerprint density at radius 1 is 1.16 bits per heavy atom. The van der Waals surface area contributed by atoms with E-state index in [2.05, 4.69) is 43.7 Å². The Bertz CT molecular complexity index is 547. The molecule has 0 radical (unpaired) electrons. The zero-order chi connectivity index (χ0) is 13.9. The van der Waals surface area contributed by atoms with Crippen molar-refractivity contribution < 1.29 is 4.79 Å². The van der Waals surface area contributed by atoms with E-state index in [0.717, 1.165) is 17.5 Å². The molecule has 0 saturated heterocycles. The fraction of sp³-hybridized carbons (Fsp3) is 0.353. The molecule has 0 unspecified atom stereocenters. The number of thiophene rings is 1. The molecule has 100 valence electrons. The van der Waals surface area contributed by atoms with Gasteiger partial charge in [0.25, 0.3) is 0 Å². The fourth-order valence-corrected chi connectivity index (χ4v) is 2.91. The predicted molar refractivity (Wildman–Crippen MR) is 82.1 cm³/mol. The maximum Gasteiger partial charge on any atom is 0.163 e. The first-order valence-electron chi connectivity index (χ1n) is 6.62. The highest BCUT2D eigenvalue weighted by molar-refractivity contribution is 7.07. The van der Waals surface area contributed by atoms with Crippen LogP contribution in [-0.2, 0) is 11.8 Å². The van der Waals surface area contributed by atoms with Crippen LogP contribution < -0.4 is 0 Å². The van der Waals surface area contributed by atoms with Gasteiger partial charge in [-0.25, -0.2) is 0 Å². The molecule has 2 rings (SSSR count). The standard InChI is InChI=1S/C17H20OS/c1-17(2,3)15-7-5-4-6-14(15)16(18)9-8-13-10-11-19-12-13/h4-7,10-12H,8-9H2,1-3H3. The highest BCUT2D eigenvalue weighted by atomic mass is 32.1. The van der Waals surface area contributed by atoms with Gasteiger partial charge in [-0.3, -0.25) is 4.79 Å². The van der Waals surface area contributed by atoms with Gasteiger partial charge in [-0.15, -0.1) is 0 Å². The third-order valence-electron chi connectivity index (χ3n) is 3.26. The van der Waals surface area contributed by atoms with Crippen LogP contribution >= 0.6 is 11.3 Å². The quantitative estimate of drug-likeness (QED) is 0.726. The number of hydrogen-bond donors (Lipinski definition) is 0. The third kappa shape index (κ3) is 3.54. The number of rotatable bonds is 4. The van der Waals surface area contributed by atoms with E-state index in [1.165, 1.54) is 5.56 Å². The van der Waals surface area contributed by atoms with Gasteiger partial charge in [0.05, 0.1) is 0 Å². The molecule has 0 N–H and O–H groups in total. The van der Waals surface area contributed by atoms with Gasteiger partial charge in [-0.1, -0.05) is 45.0 Å². The minimum atomic E-state index is 0.00857. The average Bonchev–Trinajstić information content (AvgIpc) is 2.88. The highest BCUT2D eigenvalue weighted by Crippen LogP contribution is 2.26. The second-order valence-electron chi connectivity index (χ2n) is 5.85. The predicted octanol–water partition coefficient (Wildman–Crippen LogP) is 4.86. The summed E-state index contributed by atoms with van der Waals surface area (Å²) in [4.78, 5) is 12.4. The van der Waals surface area contributed by atoms with E-state index in [0.29, 0.717) is 6.42 Å². The molecule has 0 aliphatic heterocycles. The Morgan fingerprint density at radius 2 is 1.89 bits per heavy atom. The molecule has 0 atom stereocenters. The van der Waals surface area contributed by atoms with Crippen LogP contribution in [0, 0.1) is 0 Å². The van der Waals surface area contributed by atoms with Crippen molar-refractivity contribution in [3.05, 3.63) is 57.8 Å². The van der Waals surface area contributed by atoms with Crippen LogP contribution in [0.2, 0.25) is 0 Å². The van der Waals surface area contributed by atoms with E-state index in [1.54, 1.807) is 11.3 Å². The second-order valence-corrected chi connectivity index (χ2v) is 6.63. The molecule has 0 aliphatic rings. The van der Waals surface area contributed by atoms with Gasteiger partial charge in [0.1, 0.15) is 0 Å². The number of ketones is 1. The fourth-order valence-electron chi connectivity index (χ4n) is 2.21. The van der Waals surface area contributed by atoms with Crippen molar-refractivity contribution in [3.8, 4) is 0 Å². The molecule has 0 saturated carbocycles. The minimum Gasteiger partial charge on any atom is -0.294 e.